The number of nitrogens with zero attached hydrogens (tertiary/aromatic N) is 2. The Morgan fingerprint density at radius 2 is 2.25 bits per heavy atom. The third-order valence-electron chi connectivity index (χ3n) is 1.13. The molecule has 0 amide bonds. The molecule has 1 aromatic heterocycles. The van der Waals surface area contributed by atoms with Gasteiger partial charge in [0, 0.05) is 12.4 Å². The fraction of sp³-hybridized carbons (Fsp3) is 0.200. The Morgan fingerprint density at radius 1 is 1.50 bits per heavy atom. The number of aromatic nitrogens is 2. The van der Waals surface area contributed by atoms with Crippen LogP contribution in [0.25, 0.3) is 0 Å². The first-order valence-electron chi connectivity index (χ1n) is 3.09. The van der Waals surface area contributed by atoms with Crippen LogP contribution in [0.1, 0.15) is 0 Å². The molecule has 0 fully saturated rings. The molecule has 3 N–H and O–H groups in total. The first-order valence-corrected chi connectivity index (χ1v) is 4.74. The molecule has 0 saturated carbocycles. The van der Waals surface area contributed by atoms with Crippen LogP contribution in [0.2, 0.25) is 0 Å². The largest absolute Gasteiger partial charge is 0.270 e. The minimum absolute atomic E-state index is 0.0806. The lowest BCUT2D eigenvalue weighted by atomic mass is 10.8. The molecule has 7 heteroatoms. The summed E-state index contributed by atoms with van der Waals surface area (Å²) in [6, 6.07) is 0. The third kappa shape index (κ3) is 1.97. The molecule has 0 aliphatic heterocycles. The maximum atomic E-state index is 11.2. The van der Waals surface area contributed by atoms with Gasteiger partial charge in [-0.1, -0.05) is 0 Å². The van der Waals surface area contributed by atoms with Crippen molar-refractivity contribution >= 4 is 9.84 Å². The Kier molecular flexibility index (Phi) is 2.69. The van der Waals surface area contributed by atoms with Gasteiger partial charge in [0.2, 0.25) is 9.84 Å². The number of hydrogen-bond donors (Lipinski definition) is 2. The van der Waals surface area contributed by atoms with E-state index in [4.69, 9.17) is 5.84 Å². The van der Waals surface area contributed by atoms with Crippen LogP contribution < -0.4 is 11.3 Å². The Labute approximate surface area is 69.7 Å². The van der Waals surface area contributed by atoms with E-state index in [9.17, 15) is 8.42 Å². The van der Waals surface area contributed by atoms with E-state index in [1.807, 2.05) is 0 Å². The van der Waals surface area contributed by atoms with Crippen molar-refractivity contribution in [2.45, 2.75) is 5.03 Å². The number of nitrogens with one attached hydrogen (secondary N) is 1. The summed E-state index contributed by atoms with van der Waals surface area (Å²) in [5, 5.41) is -0.0806. The summed E-state index contributed by atoms with van der Waals surface area (Å²) in [4.78, 5) is 7.25. The van der Waals surface area contributed by atoms with Gasteiger partial charge < -0.3 is 0 Å². The van der Waals surface area contributed by atoms with Crippen molar-refractivity contribution in [3.8, 4) is 0 Å². The quantitative estimate of drug-likeness (QED) is 0.450. The fourth-order valence-electron chi connectivity index (χ4n) is 0.630. The van der Waals surface area contributed by atoms with Gasteiger partial charge in [0.05, 0.1) is 6.20 Å². The van der Waals surface area contributed by atoms with Gasteiger partial charge in [-0.2, -0.15) is 0 Å². The zero-order chi connectivity index (χ0) is 9.03. The smallest absolute Gasteiger partial charge is 0.211 e. The highest BCUT2D eigenvalue weighted by Crippen LogP contribution is 2.01. The number of hydrazine groups is 1. The molecule has 12 heavy (non-hydrogen) atoms. The molecule has 0 bridgehead atoms. The predicted molar refractivity (Wildman–Crippen MR) is 41.4 cm³/mol. The normalized spacial score (nSPS) is 11.4. The molecule has 6 nitrogen and oxygen atoms in total. The summed E-state index contributed by atoms with van der Waals surface area (Å²) < 4.78 is 22.4. The molecule has 1 rings (SSSR count). The molecular weight excluding hydrogens is 180 g/mol. The molecule has 1 heterocycles. The minimum atomic E-state index is -3.42. The van der Waals surface area contributed by atoms with Gasteiger partial charge in [0.25, 0.3) is 0 Å². The van der Waals surface area contributed by atoms with Crippen LogP contribution in [0.3, 0.4) is 0 Å². The summed E-state index contributed by atoms with van der Waals surface area (Å²) in [5.74, 6) is 4.53. The first kappa shape index (κ1) is 9.04. The number of sulfone groups is 1. The maximum absolute atomic E-state index is 11.2. The second kappa shape index (κ2) is 3.57. The van der Waals surface area contributed by atoms with Crippen LogP contribution in [0.4, 0.5) is 0 Å². The molecule has 0 aliphatic carbocycles. The first-order chi connectivity index (χ1) is 5.67. The lowest BCUT2D eigenvalue weighted by molar-refractivity contribution is 0.584. The summed E-state index contributed by atoms with van der Waals surface area (Å²) in [6.45, 7) is 0. The fourth-order valence-corrected chi connectivity index (χ4v) is 1.44. The van der Waals surface area contributed by atoms with E-state index in [1.54, 1.807) is 0 Å². The highest BCUT2D eigenvalue weighted by Gasteiger charge is 2.13. The van der Waals surface area contributed by atoms with Crippen molar-refractivity contribution in [1.82, 2.24) is 15.4 Å². The molecule has 0 saturated heterocycles. The van der Waals surface area contributed by atoms with Crippen LogP contribution in [-0.4, -0.2) is 24.3 Å². The van der Waals surface area contributed by atoms with Gasteiger partial charge >= 0.3 is 0 Å². The van der Waals surface area contributed by atoms with Gasteiger partial charge in [-0.25, -0.2) is 18.8 Å². The van der Waals surface area contributed by atoms with Crippen LogP contribution in [0, 0.1) is 0 Å². The second-order valence-corrected chi connectivity index (χ2v) is 3.94. The van der Waals surface area contributed by atoms with E-state index in [-0.39, 0.29) is 10.9 Å². The Bertz CT molecular complexity index is 336. The van der Waals surface area contributed by atoms with Crippen molar-refractivity contribution in [2.24, 2.45) is 5.84 Å². The lowest BCUT2D eigenvalue weighted by Gasteiger charge is -1.99. The lowest BCUT2D eigenvalue weighted by Crippen LogP contribution is -2.29. The van der Waals surface area contributed by atoms with Crippen molar-refractivity contribution in [1.29, 1.82) is 0 Å². The maximum Gasteiger partial charge on any atom is 0.211 e. The molecule has 0 spiro atoms. The SMILES string of the molecule is NNCS(=O)(=O)c1cnccn1. The zero-order valence-electron chi connectivity index (χ0n) is 6.14. The van der Waals surface area contributed by atoms with Crippen molar-refractivity contribution in [2.75, 3.05) is 5.88 Å². The Morgan fingerprint density at radius 3 is 2.75 bits per heavy atom. The summed E-state index contributed by atoms with van der Waals surface area (Å²) in [6.07, 6.45) is 3.88. The van der Waals surface area contributed by atoms with E-state index in [0.717, 1.165) is 0 Å². The van der Waals surface area contributed by atoms with E-state index < -0.39 is 9.84 Å². The topological polar surface area (TPSA) is 98.0 Å². The van der Waals surface area contributed by atoms with Gasteiger partial charge in [-0.05, 0) is 0 Å². The van der Waals surface area contributed by atoms with Crippen molar-refractivity contribution < 1.29 is 8.42 Å². The summed E-state index contributed by atoms with van der Waals surface area (Å²) in [7, 11) is -3.42. The average Bonchev–Trinajstić information content (AvgIpc) is 2.06. The van der Waals surface area contributed by atoms with Crippen LogP contribution in [0.15, 0.2) is 23.6 Å². The Balaban J connectivity index is 2.99. The third-order valence-corrected chi connectivity index (χ3v) is 2.53. The molecule has 66 valence electrons. The standard InChI is InChI=1S/C5H8N4O2S/c6-9-4-12(10,11)5-3-7-1-2-8-5/h1-3,9H,4,6H2. The average molecular weight is 188 g/mol. The molecule has 0 atom stereocenters. The van der Waals surface area contributed by atoms with E-state index in [1.165, 1.54) is 18.6 Å². The monoisotopic (exact) mass is 188 g/mol. The molecular formula is C5H8N4O2S. The summed E-state index contributed by atoms with van der Waals surface area (Å²) in [5.41, 5.74) is 2.05. The van der Waals surface area contributed by atoms with Crippen LogP contribution in [-0.2, 0) is 9.84 Å². The molecule has 0 aliphatic rings. The molecule has 1 aromatic rings. The van der Waals surface area contributed by atoms with Crippen LogP contribution in [0.5, 0.6) is 0 Å². The number of nitrogens with two attached hydrogens (primary N) is 1. The number of hydrogen-bond acceptors (Lipinski definition) is 6. The predicted octanol–water partition coefficient (Wildman–Crippen LogP) is -1.33. The van der Waals surface area contributed by atoms with E-state index in [0.29, 0.717) is 0 Å². The Hall–Kier alpha value is -1.05. The molecule has 0 unspecified atom stereocenters. The molecule has 0 aromatic carbocycles. The van der Waals surface area contributed by atoms with Gasteiger partial charge in [0.1, 0.15) is 5.88 Å². The van der Waals surface area contributed by atoms with Gasteiger partial charge in [0.15, 0.2) is 5.03 Å². The van der Waals surface area contributed by atoms with Crippen molar-refractivity contribution in [3.63, 3.8) is 0 Å². The highest BCUT2D eigenvalue weighted by atomic mass is 32.2. The van der Waals surface area contributed by atoms with Gasteiger partial charge in [-0.3, -0.25) is 10.8 Å². The van der Waals surface area contributed by atoms with Crippen molar-refractivity contribution in [3.05, 3.63) is 18.6 Å². The van der Waals surface area contributed by atoms with E-state index in [2.05, 4.69) is 15.4 Å². The summed E-state index contributed by atoms with van der Waals surface area (Å²) >= 11 is 0. The van der Waals surface area contributed by atoms with Gasteiger partial charge in [-0.15, -0.1) is 0 Å². The zero-order valence-corrected chi connectivity index (χ0v) is 6.95. The van der Waals surface area contributed by atoms with E-state index >= 15 is 0 Å². The number of rotatable bonds is 3. The van der Waals surface area contributed by atoms with Crippen LogP contribution >= 0.6 is 0 Å². The second-order valence-electron chi connectivity index (χ2n) is 2.01. The highest BCUT2D eigenvalue weighted by molar-refractivity contribution is 7.91. The molecule has 0 radical (unpaired) electrons. The minimum Gasteiger partial charge on any atom is -0.270 e.